The van der Waals surface area contributed by atoms with Crippen LogP contribution in [0, 0.1) is 11.3 Å². The van der Waals surface area contributed by atoms with E-state index in [1.54, 1.807) is 23.5 Å². The molecular formula is C12H12N4S. The van der Waals surface area contributed by atoms with Gasteiger partial charge in [-0.1, -0.05) is 0 Å². The summed E-state index contributed by atoms with van der Waals surface area (Å²) in [5.41, 5.74) is 8.08. The maximum absolute atomic E-state index is 8.73. The van der Waals surface area contributed by atoms with Crippen LogP contribution in [-0.4, -0.2) is 12.0 Å². The minimum Gasteiger partial charge on any atom is -0.325 e. The normalized spacial score (nSPS) is 9.94. The molecule has 2 aromatic rings. The van der Waals surface area contributed by atoms with Crippen LogP contribution in [-0.2, 0) is 6.54 Å². The quantitative estimate of drug-likeness (QED) is 0.899. The van der Waals surface area contributed by atoms with E-state index in [4.69, 9.17) is 11.0 Å². The highest BCUT2D eigenvalue weighted by atomic mass is 32.1. The number of hydrogen-bond acceptors (Lipinski definition) is 5. The van der Waals surface area contributed by atoms with E-state index < -0.39 is 0 Å². The SMILES string of the molecule is CN(c1ccc(C#N)cc1)c1nc(CN)cs1. The lowest BCUT2D eigenvalue weighted by Crippen LogP contribution is -2.09. The van der Waals surface area contributed by atoms with Crippen molar-refractivity contribution in [2.45, 2.75) is 6.54 Å². The first kappa shape index (κ1) is 11.6. The monoisotopic (exact) mass is 244 g/mol. The third kappa shape index (κ3) is 2.44. The molecule has 0 amide bonds. The van der Waals surface area contributed by atoms with Gasteiger partial charge in [0, 0.05) is 24.7 Å². The number of anilines is 2. The number of rotatable bonds is 3. The van der Waals surface area contributed by atoms with Crippen molar-refractivity contribution in [2.24, 2.45) is 5.73 Å². The highest BCUT2D eigenvalue weighted by molar-refractivity contribution is 7.13. The van der Waals surface area contributed by atoms with E-state index in [0.717, 1.165) is 16.5 Å². The van der Waals surface area contributed by atoms with Crippen molar-refractivity contribution in [1.82, 2.24) is 4.98 Å². The van der Waals surface area contributed by atoms with Gasteiger partial charge in [-0.05, 0) is 24.3 Å². The molecular weight excluding hydrogens is 232 g/mol. The molecule has 86 valence electrons. The molecule has 0 radical (unpaired) electrons. The minimum absolute atomic E-state index is 0.456. The van der Waals surface area contributed by atoms with Gasteiger partial charge in [0.05, 0.1) is 17.3 Å². The lowest BCUT2D eigenvalue weighted by molar-refractivity contribution is 1.00. The maximum atomic E-state index is 8.73. The van der Waals surface area contributed by atoms with Crippen LogP contribution in [0.5, 0.6) is 0 Å². The number of nitriles is 1. The Balaban J connectivity index is 2.24. The number of thiazole rings is 1. The Bertz CT molecular complexity index is 538. The molecule has 1 aromatic heterocycles. The number of benzene rings is 1. The first-order valence-electron chi connectivity index (χ1n) is 5.13. The van der Waals surface area contributed by atoms with Gasteiger partial charge >= 0.3 is 0 Å². The summed E-state index contributed by atoms with van der Waals surface area (Å²) in [6.07, 6.45) is 0. The molecule has 2 N–H and O–H groups in total. The van der Waals surface area contributed by atoms with Gasteiger partial charge in [-0.15, -0.1) is 11.3 Å². The lowest BCUT2D eigenvalue weighted by atomic mass is 10.2. The van der Waals surface area contributed by atoms with E-state index in [1.165, 1.54) is 0 Å². The predicted molar refractivity (Wildman–Crippen MR) is 69.2 cm³/mol. The van der Waals surface area contributed by atoms with Gasteiger partial charge in [0.25, 0.3) is 0 Å². The summed E-state index contributed by atoms with van der Waals surface area (Å²) in [5.74, 6) is 0. The fraction of sp³-hybridized carbons (Fsp3) is 0.167. The summed E-state index contributed by atoms with van der Waals surface area (Å²) < 4.78 is 0. The fourth-order valence-electron chi connectivity index (χ4n) is 1.41. The summed E-state index contributed by atoms with van der Waals surface area (Å²) in [7, 11) is 1.94. The number of aromatic nitrogens is 1. The van der Waals surface area contributed by atoms with Crippen LogP contribution in [0.1, 0.15) is 11.3 Å². The summed E-state index contributed by atoms with van der Waals surface area (Å²) in [6, 6.07) is 9.50. The summed E-state index contributed by atoms with van der Waals surface area (Å²) in [5, 5.41) is 11.6. The van der Waals surface area contributed by atoms with Gasteiger partial charge in [0.15, 0.2) is 5.13 Å². The maximum Gasteiger partial charge on any atom is 0.189 e. The molecule has 0 spiro atoms. The Kier molecular flexibility index (Phi) is 3.38. The van der Waals surface area contributed by atoms with Crippen LogP contribution in [0.2, 0.25) is 0 Å². The standard InChI is InChI=1S/C12H12N4S/c1-16(12-15-10(7-14)8-17-12)11-4-2-9(6-13)3-5-11/h2-5,8H,7,14H2,1H3. The van der Waals surface area contributed by atoms with Gasteiger partial charge in [-0.2, -0.15) is 5.26 Å². The Hall–Kier alpha value is -1.90. The van der Waals surface area contributed by atoms with Gasteiger partial charge in [-0.3, -0.25) is 0 Å². The first-order valence-corrected chi connectivity index (χ1v) is 6.01. The smallest absolute Gasteiger partial charge is 0.189 e. The van der Waals surface area contributed by atoms with Crippen molar-refractivity contribution in [3.05, 3.63) is 40.9 Å². The van der Waals surface area contributed by atoms with E-state index in [1.807, 2.05) is 29.5 Å². The molecule has 0 saturated heterocycles. The molecule has 0 aliphatic rings. The molecule has 0 saturated carbocycles. The lowest BCUT2D eigenvalue weighted by Gasteiger charge is -2.15. The largest absolute Gasteiger partial charge is 0.325 e. The Labute approximate surface area is 104 Å². The van der Waals surface area contributed by atoms with Crippen molar-refractivity contribution >= 4 is 22.2 Å². The van der Waals surface area contributed by atoms with E-state index in [2.05, 4.69) is 11.1 Å². The summed E-state index contributed by atoms with van der Waals surface area (Å²) in [4.78, 5) is 6.38. The summed E-state index contributed by atoms with van der Waals surface area (Å²) in [6.45, 7) is 0.456. The topological polar surface area (TPSA) is 65.9 Å². The van der Waals surface area contributed by atoms with Crippen molar-refractivity contribution in [3.8, 4) is 6.07 Å². The fourth-order valence-corrected chi connectivity index (χ4v) is 2.24. The molecule has 5 heteroatoms. The van der Waals surface area contributed by atoms with E-state index >= 15 is 0 Å². The average molecular weight is 244 g/mol. The van der Waals surface area contributed by atoms with Crippen molar-refractivity contribution in [3.63, 3.8) is 0 Å². The molecule has 2 rings (SSSR count). The van der Waals surface area contributed by atoms with Crippen molar-refractivity contribution in [1.29, 1.82) is 5.26 Å². The predicted octanol–water partition coefficient (Wildman–Crippen LogP) is 2.24. The Morgan fingerprint density at radius 3 is 2.65 bits per heavy atom. The zero-order valence-corrected chi connectivity index (χ0v) is 10.2. The van der Waals surface area contributed by atoms with Crippen LogP contribution < -0.4 is 10.6 Å². The average Bonchev–Trinajstić information content (AvgIpc) is 2.87. The van der Waals surface area contributed by atoms with E-state index in [-0.39, 0.29) is 0 Å². The Morgan fingerprint density at radius 1 is 1.41 bits per heavy atom. The molecule has 0 aliphatic carbocycles. The highest BCUT2D eigenvalue weighted by Crippen LogP contribution is 2.26. The van der Waals surface area contributed by atoms with Crippen LogP contribution in [0.15, 0.2) is 29.6 Å². The van der Waals surface area contributed by atoms with Gasteiger partial charge in [0.2, 0.25) is 0 Å². The second kappa shape index (κ2) is 4.95. The van der Waals surface area contributed by atoms with Crippen molar-refractivity contribution in [2.75, 3.05) is 11.9 Å². The molecule has 1 heterocycles. The first-order chi connectivity index (χ1) is 8.24. The zero-order valence-electron chi connectivity index (χ0n) is 9.42. The number of nitrogens with two attached hydrogens (primary N) is 1. The van der Waals surface area contributed by atoms with Crippen molar-refractivity contribution < 1.29 is 0 Å². The van der Waals surface area contributed by atoms with E-state index in [0.29, 0.717) is 12.1 Å². The van der Waals surface area contributed by atoms with Crippen LogP contribution in [0.25, 0.3) is 0 Å². The minimum atomic E-state index is 0.456. The van der Waals surface area contributed by atoms with Gasteiger partial charge < -0.3 is 10.6 Å². The summed E-state index contributed by atoms with van der Waals surface area (Å²) >= 11 is 1.56. The van der Waals surface area contributed by atoms with E-state index in [9.17, 15) is 0 Å². The molecule has 1 aromatic carbocycles. The second-order valence-electron chi connectivity index (χ2n) is 3.54. The molecule has 0 bridgehead atoms. The molecule has 0 aliphatic heterocycles. The molecule has 0 unspecified atom stereocenters. The second-order valence-corrected chi connectivity index (χ2v) is 4.38. The molecule has 0 fully saturated rings. The van der Waals surface area contributed by atoms with Crippen LogP contribution in [0.4, 0.5) is 10.8 Å². The van der Waals surface area contributed by atoms with Gasteiger partial charge in [0.1, 0.15) is 0 Å². The number of nitrogens with zero attached hydrogens (tertiary/aromatic N) is 3. The third-order valence-electron chi connectivity index (χ3n) is 2.42. The van der Waals surface area contributed by atoms with Crippen LogP contribution in [0.3, 0.4) is 0 Å². The molecule has 17 heavy (non-hydrogen) atoms. The zero-order chi connectivity index (χ0) is 12.3. The number of hydrogen-bond donors (Lipinski definition) is 1. The molecule has 4 nitrogen and oxygen atoms in total. The van der Waals surface area contributed by atoms with Crippen LogP contribution >= 0.6 is 11.3 Å². The third-order valence-corrected chi connectivity index (χ3v) is 3.39. The Morgan fingerprint density at radius 2 is 2.12 bits per heavy atom. The highest BCUT2D eigenvalue weighted by Gasteiger charge is 2.08. The molecule has 0 atom stereocenters. The van der Waals surface area contributed by atoms with Gasteiger partial charge in [-0.25, -0.2) is 4.98 Å².